The molecule has 0 amide bonds. The van der Waals surface area contributed by atoms with Crippen molar-refractivity contribution in [1.82, 2.24) is 19.7 Å². The largest absolute Gasteiger partial charge is 0.488 e. The van der Waals surface area contributed by atoms with Crippen molar-refractivity contribution in [2.24, 2.45) is 0 Å². The van der Waals surface area contributed by atoms with Crippen molar-refractivity contribution in [3.8, 4) is 5.75 Å². The van der Waals surface area contributed by atoms with Crippen molar-refractivity contribution in [3.05, 3.63) is 110 Å². The fourth-order valence-corrected chi connectivity index (χ4v) is 5.12. The SMILES string of the molecule is CCc1nc2c(Cl)cccc2n1Cc1ccc2c(c1)COc1ccccc1C2=C(C)c1noc(=O)[nH]1. The van der Waals surface area contributed by atoms with Crippen LogP contribution in [0, 0.1) is 0 Å². The number of ether oxygens (including phenoxy) is 1. The number of imidazole rings is 1. The molecule has 3 aromatic carbocycles. The predicted octanol–water partition coefficient (Wildman–Crippen LogP) is 5.85. The third kappa shape index (κ3) is 3.72. The minimum atomic E-state index is -0.585. The first-order chi connectivity index (χ1) is 17.5. The first kappa shape index (κ1) is 22.4. The van der Waals surface area contributed by atoms with Gasteiger partial charge in [-0.05, 0) is 53.5 Å². The maximum absolute atomic E-state index is 11.7. The van der Waals surface area contributed by atoms with Crippen molar-refractivity contribution in [2.75, 3.05) is 0 Å². The van der Waals surface area contributed by atoms with E-state index in [4.69, 9.17) is 25.8 Å². The lowest BCUT2D eigenvalue weighted by Crippen LogP contribution is -2.06. The van der Waals surface area contributed by atoms with Crippen LogP contribution in [0.25, 0.3) is 22.2 Å². The van der Waals surface area contributed by atoms with Gasteiger partial charge in [0.15, 0.2) is 5.82 Å². The van der Waals surface area contributed by atoms with E-state index >= 15 is 0 Å². The van der Waals surface area contributed by atoms with Gasteiger partial charge in [0.1, 0.15) is 23.7 Å². The third-order valence-corrected chi connectivity index (χ3v) is 6.92. The van der Waals surface area contributed by atoms with Crippen LogP contribution < -0.4 is 10.5 Å². The number of H-pyrrole nitrogens is 1. The highest BCUT2D eigenvalue weighted by molar-refractivity contribution is 6.34. The smallest absolute Gasteiger partial charge is 0.439 e. The number of benzene rings is 3. The van der Waals surface area contributed by atoms with Gasteiger partial charge in [0, 0.05) is 24.1 Å². The van der Waals surface area contributed by atoms with Gasteiger partial charge in [-0.1, -0.05) is 60.1 Å². The van der Waals surface area contributed by atoms with Gasteiger partial charge in [-0.3, -0.25) is 9.51 Å². The Morgan fingerprint density at radius 3 is 2.78 bits per heavy atom. The third-order valence-electron chi connectivity index (χ3n) is 6.61. The Labute approximate surface area is 212 Å². The van der Waals surface area contributed by atoms with Gasteiger partial charge < -0.3 is 9.30 Å². The topological polar surface area (TPSA) is 85.9 Å². The number of fused-ring (bicyclic) bond motifs is 3. The number of aryl methyl sites for hydroxylation is 1. The molecule has 2 aromatic heterocycles. The summed E-state index contributed by atoms with van der Waals surface area (Å²) in [5.41, 5.74) is 7.73. The zero-order valence-corrected chi connectivity index (χ0v) is 20.6. The molecule has 7 nitrogen and oxygen atoms in total. The molecule has 0 saturated heterocycles. The Hall–Kier alpha value is -4.10. The molecule has 0 saturated carbocycles. The van der Waals surface area contributed by atoms with E-state index in [0.717, 1.165) is 62.4 Å². The molecular formula is C28H23ClN4O3. The summed E-state index contributed by atoms with van der Waals surface area (Å²) in [4.78, 5) is 19.1. The van der Waals surface area contributed by atoms with Crippen molar-refractivity contribution in [2.45, 2.75) is 33.4 Å². The second-order valence-corrected chi connectivity index (χ2v) is 9.20. The van der Waals surface area contributed by atoms with E-state index in [1.54, 1.807) is 0 Å². The Morgan fingerprint density at radius 1 is 1.11 bits per heavy atom. The number of aromatic amines is 1. The molecule has 0 fully saturated rings. The molecule has 36 heavy (non-hydrogen) atoms. The van der Waals surface area contributed by atoms with Gasteiger partial charge >= 0.3 is 5.76 Å². The van der Waals surface area contributed by atoms with Crippen LogP contribution in [0.3, 0.4) is 0 Å². The second kappa shape index (κ2) is 8.84. The number of aromatic nitrogens is 4. The number of nitrogens with one attached hydrogen (secondary N) is 1. The molecule has 5 aromatic rings. The fourth-order valence-electron chi connectivity index (χ4n) is 4.91. The van der Waals surface area contributed by atoms with Crippen molar-refractivity contribution in [1.29, 1.82) is 0 Å². The van der Waals surface area contributed by atoms with Crippen LogP contribution in [-0.2, 0) is 19.6 Å². The highest BCUT2D eigenvalue weighted by Crippen LogP contribution is 2.40. The minimum Gasteiger partial charge on any atom is -0.488 e. The van der Waals surface area contributed by atoms with E-state index in [9.17, 15) is 4.79 Å². The molecule has 6 rings (SSSR count). The number of para-hydroxylation sites is 2. The molecule has 180 valence electrons. The highest BCUT2D eigenvalue weighted by Gasteiger charge is 2.23. The molecule has 0 unspecified atom stereocenters. The molecule has 1 aliphatic heterocycles. The highest BCUT2D eigenvalue weighted by atomic mass is 35.5. The number of allylic oxidation sites excluding steroid dienone is 1. The van der Waals surface area contributed by atoms with Crippen LogP contribution in [0.2, 0.25) is 5.02 Å². The van der Waals surface area contributed by atoms with Crippen molar-refractivity contribution < 1.29 is 9.26 Å². The maximum atomic E-state index is 11.7. The average Bonchev–Trinajstić information content (AvgIpc) is 3.44. The summed E-state index contributed by atoms with van der Waals surface area (Å²) in [7, 11) is 0. The van der Waals surface area contributed by atoms with Gasteiger partial charge in [0.05, 0.1) is 10.5 Å². The van der Waals surface area contributed by atoms with Crippen molar-refractivity contribution in [3.63, 3.8) is 0 Å². The van der Waals surface area contributed by atoms with Gasteiger partial charge in [-0.2, -0.15) is 0 Å². The molecule has 0 aliphatic carbocycles. The monoisotopic (exact) mass is 498 g/mol. The van der Waals surface area contributed by atoms with E-state index < -0.39 is 5.76 Å². The summed E-state index contributed by atoms with van der Waals surface area (Å²) in [5.74, 6) is 1.58. The predicted molar refractivity (Wildman–Crippen MR) is 139 cm³/mol. The minimum absolute atomic E-state index is 0.399. The lowest BCUT2D eigenvalue weighted by atomic mass is 9.89. The van der Waals surface area contributed by atoms with Gasteiger partial charge in [-0.15, -0.1) is 0 Å². The number of nitrogens with zero attached hydrogens (tertiary/aromatic N) is 3. The van der Waals surface area contributed by atoms with E-state index in [-0.39, 0.29) is 0 Å². The first-order valence-corrected chi connectivity index (χ1v) is 12.2. The summed E-state index contributed by atoms with van der Waals surface area (Å²) < 4.78 is 13.2. The quantitative estimate of drug-likeness (QED) is 0.336. The summed E-state index contributed by atoms with van der Waals surface area (Å²) in [5, 5.41) is 4.58. The van der Waals surface area contributed by atoms with E-state index in [1.807, 2.05) is 43.3 Å². The molecule has 8 heteroatoms. The summed E-state index contributed by atoms with van der Waals surface area (Å²) in [6, 6.07) is 20.2. The Kier molecular flexibility index (Phi) is 5.49. The van der Waals surface area contributed by atoms with E-state index in [2.05, 4.69) is 45.9 Å². The Morgan fingerprint density at radius 2 is 1.97 bits per heavy atom. The van der Waals surface area contributed by atoms with Crippen LogP contribution in [0.1, 0.15) is 47.8 Å². The zero-order valence-electron chi connectivity index (χ0n) is 19.8. The fraction of sp³-hybridized carbons (Fsp3) is 0.179. The van der Waals surface area contributed by atoms with Crippen LogP contribution >= 0.6 is 11.6 Å². The van der Waals surface area contributed by atoms with Gasteiger partial charge in [0.2, 0.25) is 0 Å². The molecule has 0 atom stereocenters. The summed E-state index contributed by atoms with van der Waals surface area (Å²) in [6.45, 7) is 5.11. The first-order valence-electron chi connectivity index (χ1n) is 11.8. The summed E-state index contributed by atoms with van der Waals surface area (Å²) in [6.07, 6.45) is 0.802. The molecule has 3 heterocycles. The van der Waals surface area contributed by atoms with Crippen LogP contribution in [0.5, 0.6) is 5.75 Å². The number of hydrogen-bond donors (Lipinski definition) is 1. The molecule has 0 radical (unpaired) electrons. The van der Waals surface area contributed by atoms with Crippen LogP contribution in [-0.4, -0.2) is 19.7 Å². The Bertz CT molecular complexity index is 1710. The summed E-state index contributed by atoms with van der Waals surface area (Å²) >= 11 is 6.43. The van der Waals surface area contributed by atoms with E-state index in [0.29, 0.717) is 24.0 Å². The second-order valence-electron chi connectivity index (χ2n) is 8.80. The lowest BCUT2D eigenvalue weighted by molar-refractivity contribution is 0.307. The van der Waals surface area contributed by atoms with E-state index in [1.165, 1.54) is 0 Å². The molecule has 1 aliphatic rings. The normalized spacial score (nSPS) is 14.2. The Balaban J connectivity index is 1.49. The zero-order chi connectivity index (χ0) is 24.8. The van der Waals surface area contributed by atoms with Crippen LogP contribution in [0.15, 0.2) is 70.0 Å². The molecule has 0 spiro atoms. The maximum Gasteiger partial charge on any atom is 0.439 e. The standard InChI is InChI=1S/C28H23ClN4O3/c1-3-24-30-26-21(29)8-6-9-22(26)33(24)14-17-11-12-19-18(13-17)15-35-23-10-5-4-7-20(23)25(19)16(2)27-31-28(34)36-32-27/h4-13H,3,14-15H2,1-2H3,(H,31,32,34). The molecule has 0 bridgehead atoms. The number of halogens is 1. The lowest BCUT2D eigenvalue weighted by Gasteiger charge is -2.15. The number of rotatable bonds is 4. The van der Waals surface area contributed by atoms with Crippen LogP contribution in [0.4, 0.5) is 0 Å². The van der Waals surface area contributed by atoms with Gasteiger partial charge in [0.25, 0.3) is 0 Å². The molecule has 1 N–H and O–H groups in total. The van der Waals surface area contributed by atoms with Gasteiger partial charge in [-0.25, -0.2) is 9.78 Å². The average molecular weight is 499 g/mol. The molecular weight excluding hydrogens is 476 g/mol. The number of hydrogen-bond acceptors (Lipinski definition) is 5. The van der Waals surface area contributed by atoms with Crippen molar-refractivity contribution >= 4 is 33.8 Å².